The van der Waals surface area contributed by atoms with E-state index in [-0.39, 0.29) is 58.7 Å². The van der Waals surface area contributed by atoms with E-state index in [0.717, 1.165) is 95.2 Å². The van der Waals surface area contributed by atoms with Crippen LogP contribution in [0.3, 0.4) is 0 Å². The Kier molecular flexibility index (Phi) is 32.2. The van der Waals surface area contributed by atoms with Crippen LogP contribution in [0.15, 0.2) is 70.5 Å². The van der Waals surface area contributed by atoms with Crippen LogP contribution in [-0.4, -0.2) is 74.8 Å². The first-order valence-electron chi connectivity index (χ1n) is 26.0. The van der Waals surface area contributed by atoms with E-state index in [0.29, 0.717) is 25.7 Å². The molecular weight excluding hydrogens is 970 g/mol. The molecule has 0 aliphatic rings. The molecule has 0 atom stereocenters. The number of fused-ring (bicyclic) bond motifs is 2. The number of benzene rings is 4. The third-order valence-electron chi connectivity index (χ3n) is 13.0. The summed E-state index contributed by atoms with van der Waals surface area (Å²) in [6.07, 6.45) is 35.5. The summed E-state index contributed by atoms with van der Waals surface area (Å²) in [7, 11) is -9.03. The fourth-order valence-corrected chi connectivity index (χ4v) is 11.5. The van der Waals surface area contributed by atoms with Crippen LogP contribution in [0.5, 0.6) is 0 Å². The number of hydrogen-bond donors (Lipinski definition) is 0. The normalized spacial score (nSPS) is 11.8. The van der Waals surface area contributed by atoms with Gasteiger partial charge in [0, 0.05) is 0 Å². The largest absolute Gasteiger partial charge is 2.00 e. The van der Waals surface area contributed by atoms with Crippen molar-refractivity contribution in [1.29, 1.82) is 0 Å². The predicted molar refractivity (Wildman–Crippen MR) is 276 cm³/mol. The van der Waals surface area contributed by atoms with Gasteiger partial charge in [0.15, 0.2) is 0 Å². The zero-order valence-electron chi connectivity index (χ0n) is 41.4. The summed E-state index contributed by atoms with van der Waals surface area (Å²) >= 11 is 0. The fraction of sp³-hybridized carbons (Fsp3) is 0.643. The summed E-state index contributed by atoms with van der Waals surface area (Å²) in [6.45, 7) is 8.87. The van der Waals surface area contributed by atoms with Gasteiger partial charge in [-0.1, -0.05) is 230 Å². The molecule has 0 fully saturated rings. The van der Waals surface area contributed by atoms with Crippen LogP contribution in [0.1, 0.15) is 230 Å². The van der Waals surface area contributed by atoms with Crippen molar-refractivity contribution in [1.82, 2.24) is 0 Å². The molecule has 4 aromatic rings. The van der Waals surface area contributed by atoms with Gasteiger partial charge in [0.1, 0.15) is 20.2 Å². The molecule has 0 aliphatic heterocycles. The molecule has 0 N–H and O–H groups in total. The second-order valence-corrected chi connectivity index (χ2v) is 21.2. The van der Waals surface area contributed by atoms with E-state index in [4.69, 9.17) is 0 Å². The summed E-state index contributed by atoms with van der Waals surface area (Å²) in [4.78, 5) is 0.154. The molecule has 0 amide bonds. The number of hydrogen-bond acceptors (Lipinski definition) is 6. The maximum Gasteiger partial charge on any atom is 2.00 e. The molecule has 0 aromatic heterocycles. The minimum absolute atomic E-state index is 0. The number of rotatable bonds is 34. The first-order chi connectivity index (χ1) is 31.0. The monoisotopic (exact) mass is 1060 g/mol. The van der Waals surface area contributed by atoms with Gasteiger partial charge >= 0.3 is 48.9 Å². The van der Waals surface area contributed by atoms with Crippen molar-refractivity contribution in [2.45, 2.75) is 243 Å². The standard InChI is InChI=1S/2C28H44O3S.Ba/c2*1-3-5-7-9-11-13-15-20-25-23-24-19-17-18-21-26(24)27(28(25)32(29,30)31)22-16-14-12-10-8-6-4-2;/h2*17-19,21,23H,3-16,20,22H2,1-2H3,(H,29,30,31);/q;;+2/p-2. The molecule has 0 saturated heterocycles. The van der Waals surface area contributed by atoms with Crippen LogP contribution in [0.2, 0.25) is 0 Å². The molecule has 4 aromatic carbocycles. The van der Waals surface area contributed by atoms with Gasteiger partial charge in [-0.05, 0) is 107 Å². The SMILES string of the molecule is CCCCCCCCCc1cc2ccccc2c(CCCCCCCCC)c1S(=O)(=O)[O-].CCCCCCCCCc1cc2ccccc2c(CCCCCCCCC)c1S(=O)(=O)[O-].[Ba+2]. The van der Waals surface area contributed by atoms with E-state index in [1.807, 2.05) is 60.7 Å². The van der Waals surface area contributed by atoms with Gasteiger partial charge in [-0.2, -0.15) is 0 Å². The summed E-state index contributed by atoms with van der Waals surface area (Å²) in [5.74, 6) is 0. The Bertz CT molecular complexity index is 1960. The Labute approximate surface area is 438 Å². The minimum atomic E-state index is -4.51. The second-order valence-electron chi connectivity index (χ2n) is 18.5. The van der Waals surface area contributed by atoms with Crippen molar-refractivity contribution in [3.05, 3.63) is 82.9 Å². The van der Waals surface area contributed by atoms with Crippen LogP contribution in [0.25, 0.3) is 21.5 Å². The van der Waals surface area contributed by atoms with Gasteiger partial charge in [-0.3, -0.25) is 0 Å². The molecule has 0 aliphatic carbocycles. The van der Waals surface area contributed by atoms with Crippen LogP contribution >= 0.6 is 0 Å². The zero-order chi connectivity index (χ0) is 46.5. The summed E-state index contributed by atoms with van der Waals surface area (Å²) in [5.41, 5.74) is 2.96. The molecule has 4 rings (SSSR count). The molecular formula is C56H86BaO6S2. The third kappa shape index (κ3) is 22.8. The van der Waals surface area contributed by atoms with Crippen LogP contribution < -0.4 is 0 Å². The smallest absolute Gasteiger partial charge is 0.744 e. The maximum atomic E-state index is 12.4. The minimum Gasteiger partial charge on any atom is -0.744 e. The van der Waals surface area contributed by atoms with E-state index >= 15 is 0 Å². The van der Waals surface area contributed by atoms with E-state index < -0.39 is 20.2 Å². The van der Waals surface area contributed by atoms with Crippen molar-refractivity contribution >= 4 is 90.7 Å². The number of aryl methyl sites for hydroxylation is 4. The third-order valence-corrected chi connectivity index (χ3v) is 15.0. The molecule has 0 heterocycles. The van der Waals surface area contributed by atoms with E-state index in [9.17, 15) is 25.9 Å². The number of unbranched alkanes of at least 4 members (excludes halogenated alkanes) is 24. The molecule has 0 unspecified atom stereocenters. The quantitative estimate of drug-likeness (QED) is 0.0261. The van der Waals surface area contributed by atoms with Gasteiger partial charge in [-0.15, -0.1) is 0 Å². The van der Waals surface area contributed by atoms with Crippen molar-refractivity contribution < 1.29 is 25.9 Å². The average molecular weight is 1060 g/mol. The van der Waals surface area contributed by atoms with Crippen LogP contribution in [-0.2, 0) is 45.9 Å². The van der Waals surface area contributed by atoms with Crippen LogP contribution in [0.4, 0.5) is 0 Å². The first kappa shape index (κ1) is 59.9. The molecule has 6 nitrogen and oxygen atoms in total. The summed E-state index contributed by atoms with van der Waals surface area (Å²) in [5, 5.41) is 3.96. The molecule has 0 saturated carbocycles. The van der Waals surface area contributed by atoms with Crippen molar-refractivity contribution in [3.63, 3.8) is 0 Å². The predicted octanol–water partition coefficient (Wildman–Crippen LogP) is 16.3. The molecule has 0 radical (unpaired) electrons. The average Bonchev–Trinajstić information content (AvgIpc) is 3.27. The Morgan fingerprint density at radius 1 is 0.354 bits per heavy atom. The van der Waals surface area contributed by atoms with Gasteiger partial charge in [0.05, 0.1) is 9.79 Å². The van der Waals surface area contributed by atoms with Gasteiger partial charge < -0.3 is 9.11 Å². The van der Waals surface area contributed by atoms with Gasteiger partial charge in [0.2, 0.25) is 0 Å². The Balaban J connectivity index is 0.000000440. The van der Waals surface area contributed by atoms with E-state index in [2.05, 4.69) is 27.7 Å². The molecule has 0 bridgehead atoms. The zero-order valence-corrected chi connectivity index (χ0v) is 47.4. The summed E-state index contributed by atoms with van der Waals surface area (Å²) in [6, 6.07) is 19.8. The van der Waals surface area contributed by atoms with E-state index in [1.54, 1.807) is 0 Å². The van der Waals surface area contributed by atoms with E-state index in [1.165, 1.54) is 128 Å². The maximum absolute atomic E-state index is 12.4. The molecule has 65 heavy (non-hydrogen) atoms. The Morgan fingerprint density at radius 3 is 0.877 bits per heavy atom. The topological polar surface area (TPSA) is 114 Å². The van der Waals surface area contributed by atoms with Crippen molar-refractivity contribution in [3.8, 4) is 0 Å². The summed E-state index contributed by atoms with van der Waals surface area (Å²) < 4.78 is 74.3. The van der Waals surface area contributed by atoms with Crippen LogP contribution in [0, 0.1) is 0 Å². The second kappa shape index (κ2) is 35.0. The fourth-order valence-electron chi connectivity index (χ4n) is 9.49. The Morgan fingerprint density at radius 2 is 0.600 bits per heavy atom. The first-order valence-corrected chi connectivity index (χ1v) is 28.8. The molecule has 0 spiro atoms. The van der Waals surface area contributed by atoms with Crippen molar-refractivity contribution in [2.75, 3.05) is 0 Å². The molecule has 360 valence electrons. The van der Waals surface area contributed by atoms with Crippen molar-refractivity contribution in [2.24, 2.45) is 0 Å². The van der Waals surface area contributed by atoms with Gasteiger partial charge in [-0.25, -0.2) is 16.8 Å². The Hall–Kier alpha value is -1.21. The van der Waals surface area contributed by atoms with Gasteiger partial charge in [0.25, 0.3) is 0 Å². The molecule has 9 heteroatoms.